The summed E-state index contributed by atoms with van der Waals surface area (Å²) < 4.78 is 0. The summed E-state index contributed by atoms with van der Waals surface area (Å²) in [6.07, 6.45) is 0. The van der Waals surface area contributed by atoms with E-state index in [0.29, 0.717) is 11.8 Å². The zero-order chi connectivity index (χ0) is 15.7. The molecule has 1 heterocycles. The maximum atomic E-state index is 4.90. The lowest BCUT2D eigenvalue weighted by atomic mass is 9.93. The summed E-state index contributed by atoms with van der Waals surface area (Å²) in [6.45, 7) is 8.86. The molecule has 0 unspecified atom stereocenters. The quantitative estimate of drug-likeness (QED) is 0.632. The Morgan fingerprint density at radius 1 is 0.727 bits per heavy atom. The van der Waals surface area contributed by atoms with Crippen molar-refractivity contribution in [1.82, 2.24) is 9.97 Å². The van der Waals surface area contributed by atoms with Gasteiger partial charge in [-0.3, -0.25) is 0 Å². The van der Waals surface area contributed by atoms with E-state index in [4.69, 9.17) is 9.97 Å². The molecule has 0 saturated heterocycles. The molecule has 2 aromatic carbocycles. The van der Waals surface area contributed by atoms with Gasteiger partial charge in [0.05, 0.1) is 11.2 Å². The molecule has 0 aliphatic heterocycles. The third kappa shape index (κ3) is 2.61. The first kappa shape index (κ1) is 14.7. The second kappa shape index (κ2) is 5.88. The molecule has 0 amide bonds. The largest absolute Gasteiger partial charge is 0.232 e. The standard InChI is InChI=1S/C20H22N2/c1-13(2)16-11-8-12-17-18(16)19(14(3)4)22-20(21-17)15-9-6-5-7-10-15/h5-14H,1-4H3/i20+0. The van der Waals surface area contributed by atoms with Gasteiger partial charge in [-0.1, -0.05) is 70.2 Å². The third-order valence-corrected chi connectivity index (χ3v) is 3.98. The summed E-state index contributed by atoms with van der Waals surface area (Å²) in [5.74, 6) is 1.65. The average molecular weight is 290 g/mol. The van der Waals surface area contributed by atoms with Crippen LogP contribution in [0.5, 0.6) is 0 Å². The molecule has 0 aliphatic rings. The van der Waals surface area contributed by atoms with Crippen LogP contribution in [0, 0.1) is 0 Å². The summed E-state index contributed by atoms with van der Waals surface area (Å²) in [4.78, 5) is 9.72. The Kier molecular flexibility index (Phi) is 3.93. The number of aromatic nitrogens is 2. The van der Waals surface area contributed by atoms with E-state index in [1.54, 1.807) is 0 Å². The highest BCUT2D eigenvalue weighted by atomic mass is 14.9. The van der Waals surface area contributed by atoms with Gasteiger partial charge in [0, 0.05) is 10.9 Å². The van der Waals surface area contributed by atoms with Crippen LogP contribution < -0.4 is 0 Å². The van der Waals surface area contributed by atoms with Crippen molar-refractivity contribution in [3.63, 3.8) is 0 Å². The van der Waals surface area contributed by atoms with Gasteiger partial charge in [-0.25, -0.2) is 9.97 Å². The van der Waals surface area contributed by atoms with Crippen molar-refractivity contribution in [2.45, 2.75) is 39.5 Å². The van der Waals surface area contributed by atoms with Crippen LogP contribution in [0.2, 0.25) is 0 Å². The summed E-state index contributed by atoms with van der Waals surface area (Å²) in [5, 5.41) is 1.23. The fourth-order valence-electron chi connectivity index (χ4n) is 2.85. The van der Waals surface area contributed by atoms with Gasteiger partial charge in [-0.05, 0) is 23.5 Å². The smallest absolute Gasteiger partial charge is 0.160 e. The van der Waals surface area contributed by atoms with Crippen LogP contribution in [-0.4, -0.2) is 9.97 Å². The molecule has 0 radical (unpaired) electrons. The van der Waals surface area contributed by atoms with E-state index in [-0.39, 0.29) is 0 Å². The Morgan fingerprint density at radius 3 is 2.09 bits per heavy atom. The summed E-state index contributed by atoms with van der Waals surface area (Å²) in [5.41, 5.74) is 4.60. The molecule has 0 spiro atoms. The Labute approximate surface area is 132 Å². The molecule has 112 valence electrons. The summed E-state index contributed by atoms with van der Waals surface area (Å²) in [6, 6.07) is 16.6. The van der Waals surface area contributed by atoms with E-state index < -0.39 is 0 Å². The lowest BCUT2D eigenvalue weighted by Gasteiger charge is -2.16. The van der Waals surface area contributed by atoms with Gasteiger partial charge in [0.25, 0.3) is 0 Å². The fraction of sp³-hybridized carbons (Fsp3) is 0.300. The highest BCUT2D eigenvalue weighted by Gasteiger charge is 2.16. The SMILES string of the molecule is CC(C)c1cccc2n[12c](-c3ccccc3)nc(C(C)C)c12. The second-order valence-corrected chi connectivity index (χ2v) is 6.35. The van der Waals surface area contributed by atoms with Crippen molar-refractivity contribution < 1.29 is 0 Å². The predicted octanol–water partition coefficient (Wildman–Crippen LogP) is 5.54. The molecule has 2 heteroatoms. The minimum absolute atomic E-state index is 0.368. The molecule has 0 N–H and O–H groups in total. The predicted molar refractivity (Wildman–Crippen MR) is 93.2 cm³/mol. The first-order chi connectivity index (χ1) is 10.6. The van der Waals surface area contributed by atoms with Crippen molar-refractivity contribution in [2.24, 2.45) is 0 Å². The topological polar surface area (TPSA) is 25.8 Å². The van der Waals surface area contributed by atoms with Crippen molar-refractivity contribution in [2.75, 3.05) is 0 Å². The third-order valence-electron chi connectivity index (χ3n) is 3.98. The van der Waals surface area contributed by atoms with E-state index >= 15 is 0 Å². The summed E-state index contributed by atoms with van der Waals surface area (Å²) in [7, 11) is 0. The van der Waals surface area contributed by atoms with E-state index in [1.807, 2.05) is 18.2 Å². The van der Waals surface area contributed by atoms with Crippen LogP contribution in [-0.2, 0) is 0 Å². The van der Waals surface area contributed by atoms with Crippen LogP contribution in [0.25, 0.3) is 22.3 Å². The van der Waals surface area contributed by atoms with Crippen LogP contribution in [0.3, 0.4) is 0 Å². The lowest BCUT2D eigenvalue weighted by molar-refractivity contribution is 0.819. The van der Waals surface area contributed by atoms with Gasteiger partial charge in [-0.2, -0.15) is 0 Å². The minimum atomic E-state index is 0.368. The Morgan fingerprint density at radius 2 is 1.45 bits per heavy atom. The average Bonchev–Trinajstić information content (AvgIpc) is 2.53. The monoisotopic (exact) mass is 290 g/mol. The Balaban J connectivity index is 2.33. The molecule has 0 saturated carbocycles. The van der Waals surface area contributed by atoms with Crippen LogP contribution in [0.15, 0.2) is 48.5 Å². The molecule has 3 rings (SSSR count). The molecule has 1 aromatic heterocycles. The van der Waals surface area contributed by atoms with Crippen LogP contribution >= 0.6 is 0 Å². The zero-order valence-electron chi connectivity index (χ0n) is 13.7. The first-order valence-electron chi connectivity index (χ1n) is 7.94. The number of hydrogen-bond acceptors (Lipinski definition) is 2. The van der Waals surface area contributed by atoms with E-state index in [2.05, 4.69) is 58.0 Å². The van der Waals surface area contributed by atoms with E-state index in [1.165, 1.54) is 10.9 Å². The van der Waals surface area contributed by atoms with Crippen molar-refractivity contribution in [1.29, 1.82) is 0 Å². The molecule has 0 aliphatic carbocycles. The fourth-order valence-corrected chi connectivity index (χ4v) is 2.85. The van der Waals surface area contributed by atoms with Gasteiger partial charge < -0.3 is 0 Å². The molecule has 0 atom stereocenters. The number of hydrogen-bond donors (Lipinski definition) is 0. The van der Waals surface area contributed by atoms with Crippen molar-refractivity contribution in [3.8, 4) is 11.4 Å². The van der Waals surface area contributed by atoms with Gasteiger partial charge in [0.2, 0.25) is 0 Å². The van der Waals surface area contributed by atoms with Gasteiger partial charge in [-0.15, -0.1) is 0 Å². The van der Waals surface area contributed by atoms with Gasteiger partial charge in [0.15, 0.2) is 5.82 Å². The van der Waals surface area contributed by atoms with E-state index in [0.717, 1.165) is 22.6 Å². The normalized spacial score (nSPS) is 11.5. The Hall–Kier alpha value is -2.22. The van der Waals surface area contributed by atoms with Crippen molar-refractivity contribution in [3.05, 3.63) is 59.8 Å². The van der Waals surface area contributed by atoms with E-state index in [9.17, 15) is 0 Å². The highest BCUT2D eigenvalue weighted by molar-refractivity contribution is 5.87. The molecular formula is C20H22N2. The van der Waals surface area contributed by atoms with Gasteiger partial charge in [0.1, 0.15) is 0 Å². The number of nitrogens with zero attached hydrogens (tertiary/aromatic N) is 2. The molecule has 0 fully saturated rings. The first-order valence-corrected chi connectivity index (χ1v) is 7.94. The molecule has 22 heavy (non-hydrogen) atoms. The number of fused-ring (bicyclic) bond motifs is 1. The molecular weight excluding hydrogens is 268 g/mol. The molecule has 2 nitrogen and oxygen atoms in total. The number of benzene rings is 2. The maximum absolute atomic E-state index is 4.90. The highest BCUT2D eigenvalue weighted by Crippen LogP contribution is 2.32. The minimum Gasteiger partial charge on any atom is -0.232 e. The molecule has 3 aromatic rings. The zero-order valence-corrected chi connectivity index (χ0v) is 13.7. The number of rotatable bonds is 3. The maximum Gasteiger partial charge on any atom is 0.160 e. The molecule has 0 bridgehead atoms. The van der Waals surface area contributed by atoms with Crippen LogP contribution in [0.1, 0.15) is 50.8 Å². The lowest BCUT2D eigenvalue weighted by Crippen LogP contribution is -2.03. The van der Waals surface area contributed by atoms with Crippen molar-refractivity contribution >= 4 is 10.9 Å². The van der Waals surface area contributed by atoms with Gasteiger partial charge >= 0.3 is 0 Å². The summed E-state index contributed by atoms with van der Waals surface area (Å²) >= 11 is 0. The Bertz CT molecular complexity index is 789. The second-order valence-electron chi connectivity index (χ2n) is 6.35. The van der Waals surface area contributed by atoms with Crippen LogP contribution in [0.4, 0.5) is 0 Å².